The van der Waals surface area contributed by atoms with E-state index in [4.69, 9.17) is 0 Å². The summed E-state index contributed by atoms with van der Waals surface area (Å²) in [7, 11) is 2.07. The molecule has 2 rings (SSSR count). The summed E-state index contributed by atoms with van der Waals surface area (Å²) >= 11 is 0. The van der Waals surface area contributed by atoms with Gasteiger partial charge in [-0.15, -0.1) is 0 Å². The summed E-state index contributed by atoms with van der Waals surface area (Å²) in [5, 5.41) is 2.11. The molecular formula is C9H12N2. The Morgan fingerprint density at radius 3 is 2.82 bits per heavy atom. The van der Waals surface area contributed by atoms with Crippen LogP contribution in [0.25, 0.3) is 0 Å². The lowest BCUT2D eigenvalue weighted by atomic mass is 10.1. The van der Waals surface area contributed by atoms with Gasteiger partial charge in [-0.25, -0.2) is 5.01 Å². The van der Waals surface area contributed by atoms with Crippen molar-refractivity contribution in [2.45, 2.75) is 13.1 Å². The Balaban J connectivity index is 2.34. The lowest BCUT2D eigenvalue weighted by Gasteiger charge is -2.25. The number of fused-ring (bicyclic) bond motifs is 1. The van der Waals surface area contributed by atoms with E-state index < -0.39 is 0 Å². The van der Waals surface area contributed by atoms with Crippen LogP contribution in [0.1, 0.15) is 11.1 Å². The highest BCUT2D eigenvalue weighted by Crippen LogP contribution is 2.13. The van der Waals surface area contributed by atoms with Crippen molar-refractivity contribution in [2.75, 3.05) is 7.05 Å². The fraction of sp³-hybridized carbons (Fsp3) is 0.333. The minimum Gasteiger partial charge on any atom is -0.251 e. The Bertz CT molecular complexity index is 257. The van der Waals surface area contributed by atoms with Gasteiger partial charge in [-0.3, -0.25) is 5.43 Å². The second-order valence-electron chi connectivity index (χ2n) is 2.96. The van der Waals surface area contributed by atoms with Crippen LogP contribution in [-0.2, 0) is 13.1 Å². The van der Waals surface area contributed by atoms with E-state index in [1.165, 1.54) is 11.1 Å². The molecule has 0 saturated heterocycles. The second-order valence-corrected chi connectivity index (χ2v) is 2.96. The zero-order chi connectivity index (χ0) is 7.68. The number of hydrogen-bond donors (Lipinski definition) is 1. The number of nitrogens with zero attached hydrogens (tertiary/aromatic N) is 1. The summed E-state index contributed by atoms with van der Waals surface area (Å²) in [6, 6.07) is 8.55. The maximum absolute atomic E-state index is 3.27. The van der Waals surface area contributed by atoms with Crippen molar-refractivity contribution in [1.82, 2.24) is 10.4 Å². The van der Waals surface area contributed by atoms with Gasteiger partial charge in [0, 0.05) is 20.1 Å². The third-order valence-electron chi connectivity index (χ3n) is 2.07. The molecule has 1 N–H and O–H groups in total. The molecule has 1 aromatic carbocycles. The van der Waals surface area contributed by atoms with Gasteiger partial charge < -0.3 is 0 Å². The second kappa shape index (κ2) is 2.64. The van der Waals surface area contributed by atoms with Crippen LogP contribution in [0.15, 0.2) is 24.3 Å². The molecule has 2 heteroatoms. The summed E-state index contributed by atoms with van der Waals surface area (Å²) in [5.41, 5.74) is 6.13. The summed E-state index contributed by atoms with van der Waals surface area (Å²) in [4.78, 5) is 0. The van der Waals surface area contributed by atoms with Gasteiger partial charge in [-0.2, -0.15) is 0 Å². The monoisotopic (exact) mass is 148 g/mol. The molecule has 1 heterocycles. The van der Waals surface area contributed by atoms with E-state index in [1.54, 1.807) is 0 Å². The Labute approximate surface area is 66.8 Å². The highest BCUT2D eigenvalue weighted by atomic mass is 15.5. The third kappa shape index (κ3) is 1.27. The maximum atomic E-state index is 3.27. The highest BCUT2D eigenvalue weighted by Gasteiger charge is 2.09. The largest absolute Gasteiger partial charge is 0.251 e. The lowest BCUT2D eigenvalue weighted by Crippen LogP contribution is -2.37. The standard InChI is InChI=1S/C9H12N2/c1-11-7-9-5-3-2-4-8(9)6-10-11/h2-5,10H,6-7H2,1H3. The molecule has 2 nitrogen and oxygen atoms in total. The van der Waals surface area contributed by atoms with E-state index in [2.05, 4.69) is 41.7 Å². The Morgan fingerprint density at radius 2 is 2.00 bits per heavy atom. The molecule has 0 unspecified atom stereocenters. The predicted molar refractivity (Wildman–Crippen MR) is 44.7 cm³/mol. The Hall–Kier alpha value is -0.860. The minimum absolute atomic E-state index is 0.965. The molecule has 0 aliphatic carbocycles. The smallest absolute Gasteiger partial charge is 0.0381 e. The summed E-state index contributed by atoms with van der Waals surface area (Å²) < 4.78 is 0. The molecule has 0 spiro atoms. The molecule has 1 aromatic rings. The van der Waals surface area contributed by atoms with Gasteiger partial charge in [0.25, 0.3) is 0 Å². The van der Waals surface area contributed by atoms with Crippen LogP contribution in [0.5, 0.6) is 0 Å². The van der Waals surface area contributed by atoms with Gasteiger partial charge in [-0.1, -0.05) is 24.3 Å². The van der Waals surface area contributed by atoms with Gasteiger partial charge in [0.1, 0.15) is 0 Å². The SMILES string of the molecule is CN1Cc2ccccc2CN1. The van der Waals surface area contributed by atoms with Crippen molar-refractivity contribution in [3.63, 3.8) is 0 Å². The molecule has 11 heavy (non-hydrogen) atoms. The first-order valence-electron chi connectivity index (χ1n) is 3.88. The van der Waals surface area contributed by atoms with Crippen LogP contribution in [-0.4, -0.2) is 12.1 Å². The normalized spacial score (nSPS) is 17.9. The van der Waals surface area contributed by atoms with Gasteiger partial charge in [0.2, 0.25) is 0 Å². The van der Waals surface area contributed by atoms with E-state index >= 15 is 0 Å². The first-order valence-corrected chi connectivity index (χ1v) is 3.88. The fourth-order valence-electron chi connectivity index (χ4n) is 1.42. The van der Waals surface area contributed by atoms with E-state index in [-0.39, 0.29) is 0 Å². The molecule has 1 aliphatic heterocycles. The molecule has 0 aromatic heterocycles. The molecule has 58 valence electrons. The lowest BCUT2D eigenvalue weighted by molar-refractivity contribution is 0.205. The van der Waals surface area contributed by atoms with E-state index in [0.29, 0.717) is 0 Å². The Morgan fingerprint density at radius 1 is 1.27 bits per heavy atom. The summed E-state index contributed by atoms with van der Waals surface area (Å²) in [6.45, 7) is 1.98. The highest BCUT2D eigenvalue weighted by molar-refractivity contribution is 5.27. The topological polar surface area (TPSA) is 15.3 Å². The third-order valence-corrected chi connectivity index (χ3v) is 2.07. The number of hydrazine groups is 1. The molecule has 0 bridgehead atoms. The molecule has 0 radical (unpaired) electrons. The molecule has 0 amide bonds. The summed E-state index contributed by atoms with van der Waals surface area (Å²) in [6.07, 6.45) is 0. The van der Waals surface area contributed by atoms with Crippen LogP contribution >= 0.6 is 0 Å². The molecule has 0 saturated carbocycles. The fourth-order valence-corrected chi connectivity index (χ4v) is 1.42. The van der Waals surface area contributed by atoms with Gasteiger partial charge in [0.05, 0.1) is 0 Å². The van der Waals surface area contributed by atoms with E-state index in [1.807, 2.05) is 0 Å². The van der Waals surface area contributed by atoms with Crippen LogP contribution in [0.2, 0.25) is 0 Å². The number of benzene rings is 1. The first-order chi connectivity index (χ1) is 5.36. The van der Waals surface area contributed by atoms with Crippen LogP contribution in [0.3, 0.4) is 0 Å². The molecule has 0 fully saturated rings. The zero-order valence-corrected chi connectivity index (χ0v) is 6.67. The minimum atomic E-state index is 0.965. The first kappa shape index (κ1) is 6.83. The van der Waals surface area contributed by atoms with Gasteiger partial charge in [-0.05, 0) is 11.1 Å². The van der Waals surface area contributed by atoms with Gasteiger partial charge >= 0.3 is 0 Å². The quantitative estimate of drug-likeness (QED) is 0.593. The van der Waals surface area contributed by atoms with Crippen LogP contribution < -0.4 is 5.43 Å². The Kier molecular flexibility index (Phi) is 1.64. The molecule has 0 atom stereocenters. The van der Waals surface area contributed by atoms with Crippen molar-refractivity contribution in [3.8, 4) is 0 Å². The average Bonchev–Trinajstić information content (AvgIpc) is 2.04. The van der Waals surface area contributed by atoms with Crippen molar-refractivity contribution in [1.29, 1.82) is 0 Å². The van der Waals surface area contributed by atoms with E-state index in [0.717, 1.165) is 13.1 Å². The average molecular weight is 148 g/mol. The number of nitrogens with one attached hydrogen (secondary N) is 1. The van der Waals surface area contributed by atoms with Crippen LogP contribution in [0.4, 0.5) is 0 Å². The number of hydrogen-bond acceptors (Lipinski definition) is 2. The van der Waals surface area contributed by atoms with Crippen molar-refractivity contribution in [3.05, 3.63) is 35.4 Å². The van der Waals surface area contributed by atoms with Crippen molar-refractivity contribution >= 4 is 0 Å². The molecular weight excluding hydrogens is 136 g/mol. The zero-order valence-electron chi connectivity index (χ0n) is 6.67. The van der Waals surface area contributed by atoms with Crippen LogP contribution in [0, 0.1) is 0 Å². The number of rotatable bonds is 0. The van der Waals surface area contributed by atoms with Crippen molar-refractivity contribution < 1.29 is 0 Å². The van der Waals surface area contributed by atoms with Crippen molar-refractivity contribution in [2.24, 2.45) is 0 Å². The van der Waals surface area contributed by atoms with Gasteiger partial charge in [0.15, 0.2) is 0 Å². The molecule has 1 aliphatic rings. The summed E-state index contributed by atoms with van der Waals surface area (Å²) in [5.74, 6) is 0. The maximum Gasteiger partial charge on any atom is 0.0381 e. The predicted octanol–water partition coefficient (Wildman–Crippen LogP) is 1.14. The van der Waals surface area contributed by atoms with E-state index in [9.17, 15) is 0 Å².